The van der Waals surface area contributed by atoms with Gasteiger partial charge in [0.15, 0.2) is 5.78 Å². The van der Waals surface area contributed by atoms with E-state index in [1.165, 1.54) is 42.1 Å². The molecule has 3 amide bonds. The highest BCUT2D eigenvalue weighted by molar-refractivity contribution is 7.98. The third-order valence-corrected chi connectivity index (χ3v) is 6.49. The lowest BCUT2D eigenvalue weighted by Crippen LogP contribution is -2.58. The van der Waals surface area contributed by atoms with Crippen LogP contribution in [0.4, 0.5) is 0 Å². The summed E-state index contributed by atoms with van der Waals surface area (Å²) in [5.41, 5.74) is -0.773. The van der Waals surface area contributed by atoms with Crippen LogP contribution in [-0.4, -0.2) is 87.8 Å². The van der Waals surface area contributed by atoms with E-state index in [4.69, 9.17) is 4.74 Å². The van der Waals surface area contributed by atoms with E-state index in [0.29, 0.717) is 24.5 Å². The van der Waals surface area contributed by atoms with Gasteiger partial charge in [0.2, 0.25) is 11.8 Å². The number of ketones is 1. The van der Waals surface area contributed by atoms with Crippen molar-refractivity contribution in [2.45, 2.75) is 50.9 Å². The molecule has 2 rings (SSSR count). The van der Waals surface area contributed by atoms with Gasteiger partial charge in [-0.2, -0.15) is 23.5 Å². The summed E-state index contributed by atoms with van der Waals surface area (Å²) in [6.45, 7) is 5.98. The summed E-state index contributed by atoms with van der Waals surface area (Å²) < 4.78 is 5.28. The maximum absolute atomic E-state index is 13.1. The van der Waals surface area contributed by atoms with Gasteiger partial charge in [-0.3, -0.25) is 24.2 Å². The van der Waals surface area contributed by atoms with Gasteiger partial charge < -0.3 is 20.7 Å². The zero-order valence-electron chi connectivity index (χ0n) is 20.1. The summed E-state index contributed by atoms with van der Waals surface area (Å²) in [6.07, 6.45) is 8.23. The Balaban J connectivity index is 2.08. The van der Waals surface area contributed by atoms with E-state index in [1.54, 1.807) is 6.92 Å². The van der Waals surface area contributed by atoms with Crippen LogP contribution >= 0.6 is 23.5 Å². The molecule has 4 atom stereocenters. The molecule has 0 saturated carbocycles. The number of thioether (sulfide) groups is 2. The Bertz CT molecular complexity index is 867. The molecule has 188 valence electrons. The number of rotatable bonds is 14. The van der Waals surface area contributed by atoms with Gasteiger partial charge in [0.05, 0.1) is 18.8 Å². The average Bonchev–Trinajstić information content (AvgIpc) is 3.56. The summed E-state index contributed by atoms with van der Waals surface area (Å²) in [5, 5.41) is 8.20. The van der Waals surface area contributed by atoms with Crippen molar-refractivity contribution in [1.29, 1.82) is 0 Å². The second-order valence-corrected chi connectivity index (χ2v) is 10.5. The van der Waals surface area contributed by atoms with E-state index in [1.807, 2.05) is 26.4 Å². The number of nitrogens with one attached hydrogen (secondary N) is 3. The number of aromatic nitrogens is 2. The maximum Gasteiger partial charge on any atom is 0.272 e. The highest BCUT2D eigenvalue weighted by Gasteiger charge is 2.50. The number of epoxide rings is 1. The van der Waals surface area contributed by atoms with Crippen LogP contribution in [0.25, 0.3) is 0 Å². The van der Waals surface area contributed by atoms with Crippen molar-refractivity contribution in [1.82, 2.24) is 25.9 Å². The van der Waals surface area contributed by atoms with Crippen LogP contribution in [0.1, 0.15) is 37.7 Å². The molecule has 10 nitrogen and oxygen atoms in total. The molecule has 12 heteroatoms. The lowest BCUT2D eigenvalue weighted by molar-refractivity contribution is -0.133. The van der Waals surface area contributed by atoms with Crippen LogP contribution in [0.3, 0.4) is 0 Å². The van der Waals surface area contributed by atoms with Crippen molar-refractivity contribution in [3.8, 4) is 0 Å². The fourth-order valence-corrected chi connectivity index (χ4v) is 4.35. The van der Waals surface area contributed by atoms with Gasteiger partial charge >= 0.3 is 0 Å². The first-order chi connectivity index (χ1) is 16.1. The molecule has 1 aliphatic rings. The predicted octanol–water partition coefficient (Wildman–Crippen LogP) is 0.675. The number of amides is 3. The molecule has 0 unspecified atom stereocenters. The van der Waals surface area contributed by atoms with Crippen molar-refractivity contribution in [3.05, 3.63) is 24.3 Å². The second-order valence-electron chi connectivity index (χ2n) is 8.66. The summed E-state index contributed by atoms with van der Waals surface area (Å²) in [4.78, 5) is 59.2. The van der Waals surface area contributed by atoms with Crippen LogP contribution in [0.15, 0.2) is 18.6 Å². The number of Topliss-reactive ketones (excluding diaryl/α,β-unsaturated/α-hetero) is 1. The predicted molar refractivity (Wildman–Crippen MR) is 133 cm³/mol. The Morgan fingerprint density at radius 3 is 2.03 bits per heavy atom. The Hall–Kier alpha value is -2.18. The fraction of sp³-hybridized carbons (Fsp3) is 0.636. The van der Waals surface area contributed by atoms with E-state index < -0.39 is 41.4 Å². The van der Waals surface area contributed by atoms with Gasteiger partial charge in [0.1, 0.15) is 23.4 Å². The molecule has 1 aromatic rings. The minimum Gasteiger partial charge on any atom is -0.361 e. The smallest absolute Gasteiger partial charge is 0.272 e. The van der Waals surface area contributed by atoms with Crippen molar-refractivity contribution in [2.24, 2.45) is 5.92 Å². The SMILES string of the molecule is CSC[C@H](NC(=O)c1cnccn1)C(=O)N[C@@H](CSC)C(=O)N[C@@H](CC(C)C)C(=O)[C@@]1(C)CO1. The standard InChI is InChI=1S/C22H33N5O5S2/c1-13(2)8-14(18(28)22(3)12-32-22)25-20(30)16(10-33-4)27-21(31)17(11-34-5)26-19(29)15-9-23-6-7-24-15/h6-7,9,13-14,16-17H,8,10-12H2,1-5H3,(H,25,30)(H,26,29)(H,27,31)/t14-,16-,17-,22+/m0/s1. The van der Waals surface area contributed by atoms with Crippen molar-refractivity contribution in [2.75, 3.05) is 30.6 Å². The minimum absolute atomic E-state index is 0.0886. The summed E-state index contributed by atoms with van der Waals surface area (Å²) in [5.74, 6) is -0.867. The number of nitrogens with zero attached hydrogens (tertiary/aromatic N) is 2. The quantitative estimate of drug-likeness (QED) is 0.307. The number of carbonyl (C=O) groups excluding carboxylic acids is 4. The van der Waals surface area contributed by atoms with Crippen LogP contribution in [0.2, 0.25) is 0 Å². The zero-order chi connectivity index (χ0) is 25.3. The molecule has 3 N–H and O–H groups in total. The molecule has 1 saturated heterocycles. The largest absolute Gasteiger partial charge is 0.361 e. The zero-order valence-corrected chi connectivity index (χ0v) is 21.8. The van der Waals surface area contributed by atoms with E-state index in [-0.39, 0.29) is 17.4 Å². The van der Waals surface area contributed by atoms with E-state index >= 15 is 0 Å². The fourth-order valence-electron chi connectivity index (χ4n) is 3.21. The third kappa shape index (κ3) is 8.24. The average molecular weight is 512 g/mol. The molecule has 0 spiro atoms. The number of ether oxygens (including phenoxy) is 1. The first kappa shape index (κ1) is 28.1. The maximum atomic E-state index is 13.1. The lowest BCUT2D eigenvalue weighted by Gasteiger charge is -2.26. The molecule has 0 aromatic carbocycles. The van der Waals surface area contributed by atoms with E-state index in [9.17, 15) is 19.2 Å². The van der Waals surface area contributed by atoms with Crippen LogP contribution in [0, 0.1) is 5.92 Å². The van der Waals surface area contributed by atoms with Gasteiger partial charge in [-0.05, 0) is 31.8 Å². The molecule has 1 aliphatic heterocycles. The Morgan fingerprint density at radius 2 is 1.56 bits per heavy atom. The van der Waals surface area contributed by atoms with Gasteiger partial charge in [0, 0.05) is 23.9 Å². The van der Waals surface area contributed by atoms with Crippen LogP contribution in [0.5, 0.6) is 0 Å². The first-order valence-corrected chi connectivity index (χ1v) is 13.7. The number of hydrogen-bond donors (Lipinski definition) is 3. The lowest BCUT2D eigenvalue weighted by atomic mass is 9.93. The summed E-state index contributed by atoms with van der Waals surface area (Å²) >= 11 is 2.77. The molecular weight excluding hydrogens is 478 g/mol. The molecule has 0 aliphatic carbocycles. The second kappa shape index (κ2) is 13.1. The molecular formula is C22H33N5O5S2. The Labute approximate surface area is 208 Å². The topological polar surface area (TPSA) is 143 Å². The third-order valence-electron chi connectivity index (χ3n) is 5.16. The van der Waals surface area contributed by atoms with Gasteiger partial charge in [-0.15, -0.1) is 0 Å². The number of hydrogen-bond acceptors (Lipinski definition) is 9. The Morgan fingerprint density at radius 1 is 1.00 bits per heavy atom. The normalized spacial score (nSPS) is 19.6. The van der Waals surface area contributed by atoms with Crippen LogP contribution < -0.4 is 16.0 Å². The molecule has 34 heavy (non-hydrogen) atoms. The van der Waals surface area contributed by atoms with E-state index in [0.717, 1.165) is 0 Å². The minimum atomic E-state index is -0.881. The van der Waals surface area contributed by atoms with Crippen LogP contribution in [-0.2, 0) is 19.1 Å². The monoisotopic (exact) mass is 511 g/mol. The summed E-state index contributed by atoms with van der Waals surface area (Å²) in [7, 11) is 0. The first-order valence-electron chi connectivity index (χ1n) is 10.9. The molecule has 1 aromatic heterocycles. The Kier molecular flexibility index (Phi) is 10.8. The van der Waals surface area contributed by atoms with Crippen molar-refractivity contribution >= 4 is 47.0 Å². The van der Waals surface area contributed by atoms with Gasteiger partial charge in [-0.1, -0.05) is 13.8 Å². The van der Waals surface area contributed by atoms with Gasteiger partial charge in [0.25, 0.3) is 5.91 Å². The van der Waals surface area contributed by atoms with Crippen molar-refractivity contribution < 1.29 is 23.9 Å². The molecule has 0 radical (unpaired) electrons. The highest BCUT2D eigenvalue weighted by Crippen LogP contribution is 2.29. The number of carbonyl (C=O) groups is 4. The van der Waals surface area contributed by atoms with E-state index in [2.05, 4.69) is 25.9 Å². The molecule has 1 fully saturated rings. The summed E-state index contributed by atoms with van der Waals surface area (Å²) in [6, 6.07) is -2.47. The molecule has 0 bridgehead atoms. The van der Waals surface area contributed by atoms with Gasteiger partial charge in [-0.25, -0.2) is 4.98 Å². The molecule has 2 heterocycles. The highest BCUT2D eigenvalue weighted by atomic mass is 32.2. The van der Waals surface area contributed by atoms with Crippen molar-refractivity contribution in [3.63, 3.8) is 0 Å².